The Bertz CT molecular complexity index is 1390. The first-order chi connectivity index (χ1) is 15.2. The Morgan fingerprint density at radius 1 is 1.03 bits per heavy atom. The Balaban J connectivity index is 1.62. The second-order valence-electron chi connectivity index (χ2n) is 9.73. The number of benzene rings is 1. The van der Waals surface area contributed by atoms with E-state index in [-0.39, 0.29) is 16.4 Å². The van der Waals surface area contributed by atoms with Gasteiger partial charge in [-0.15, -0.1) is 0 Å². The lowest BCUT2D eigenvalue weighted by atomic mass is 9.93. The lowest BCUT2D eigenvalue weighted by molar-refractivity contribution is 0.0968. The van der Waals surface area contributed by atoms with E-state index in [0.717, 1.165) is 48.4 Å². The summed E-state index contributed by atoms with van der Waals surface area (Å²) in [5, 5.41) is 0. The van der Waals surface area contributed by atoms with Crippen LogP contribution in [0.25, 0.3) is 16.7 Å². The molecular weight excluding hydrogens is 422 g/mol. The molecule has 1 fully saturated rings. The Hall–Kier alpha value is -2.71. The predicted molar refractivity (Wildman–Crippen MR) is 126 cm³/mol. The van der Waals surface area contributed by atoms with Gasteiger partial charge in [-0.05, 0) is 65.3 Å². The van der Waals surface area contributed by atoms with Crippen LogP contribution in [-0.4, -0.2) is 50.3 Å². The fourth-order valence-electron chi connectivity index (χ4n) is 4.66. The van der Waals surface area contributed by atoms with Crippen molar-refractivity contribution in [3.63, 3.8) is 0 Å². The van der Waals surface area contributed by atoms with E-state index in [1.807, 2.05) is 31.3 Å². The van der Waals surface area contributed by atoms with Gasteiger partial charge in [-0.3, -0.25) is 9.30 Å². The van der Waals surface area contributed by atoms with Crippen molar-refractivity contribution in [2.75, 3.05) is 13.1 Å². The van der Waals surface area contributed by atoms with Crippen molar-refractivity contribution in [2.45, 2.75) is 56.9 Å². The highest BCUT2D eigenvalue weighted by molar-refractivity contribution is 7.90. The molecule has 1 atom stereocenters. The average Bonchev–Trinajstić information content (AvgIpc) is 3.38. The molecule has 1 aliphatic heterocycles. The monoisotopic (exact) mass is 451 g/mol. The lowest BCUT2D eigenvalue weighted by Crippen LogP contribution is -2.46. The molecule has 8 heteroatoms. The molecule has 5 rings (SSSR count). The van der Waals surface area contributed by atoms with Gasteiger partial charge in [-0.2, -0.15) is 0 Å². The number of likely N-dealkylation sites (tertiary alicyclic amines) is 1. The summed E-state index contributed by atoms with van der Waals surface area (Å²) in [6.07, 6.45) is 7.33. The van der Waals surface area contributed by atoms with Crippen molar-refractivity contribution < 1.29 is 8.42 Å². The molecule has 32 heavy (non-hydrogen) atoms. The van der Waals surface area contributed by atoms with E-state index in [4.69, 9.17) is 4.98 Å². The second-order valence-corrected chi connectivity index (χ2v) is 11.5. The van der Waals surface area contributed by atoms with Crippen LogP contribution >= 0.6 is 0 Å². The number of nitrogens with zero attached hydrogens (tertiary/aromatic N) is 5. The van der Waals surface area contributed by atoms with Crippen LogP contribution in [0.15, 0.2) is 53.8 Å². The molecule has 0 spiro atoms. The number of aromatic nitrogens is 4. The molecule has 1 saturated heterocycles. The molecule has 3 aromatic heterocycles. The van der Waals surface area contributed by atoms with Crippen molar-refractivity contribution in [3.05, 3.63) is 60.3 Å². The summed E-state index contributed by atoms with van der Waals surface area (Å²) in [6, 6.07) is 8.72. The minimum atomic E-state index is -3.74. The molecule has 1 aliphatic rings. The largest absolute Gasteiger partial charge is 0.298 e. The van der Waals surface area contributed by atoms with E-state index in [1.165, 1.54) is 3.97 Å². The van der Waals surface area contributed by atoms with E-state index in [2.05, 4.69) is 35.1 Å². The summed E-state index contributed by atoms with van der Waals surface area (Å²) < 4.78 is 30.0. The Kier molecular flexibility index (Phi) is 4.90. The van der Waals surface area contributed by atoms with Gasteiger partial charge in [0.15, 0.2) is 5.65 Å². The standard InChI is InChI=1S/C24H29N5O2S/c1-17-7-9-20(10-8-17)32(30,31)28-13-11-21-23(28)26-15-19-14-25-22(29(19)21)18-6-5-12-27(16-18)24(2,3)4/h7-11,13-15,18H,5-6,12,16H2,1-4H3/t18-/m1/s1. The van der Waals surface area contributed by atoms with E-state index in [0.29, 0.717) is 5.65 Å². The van der Waals surface area contributed by atoms with Gasteiger partial charge in [0.1, 0.15) is 5.82 Å². The molecule has 0 N–H and O–H groups in total. The third-order valence-electron chi connectivity index (χ3n) is 6.50. The van der Waals surface area contributed by atoms with Crippen molar-refractivity contribution >= 4 is 26.7 Å². The van der Waals surface area contributed by atoms with Crippen molar-refractivity contribution in [1.82, 2.24) is 23.2 Å². The van der Waals surface area contributed by atoms with E-state index in [1.54, 1.807) is 24.5 Å². The van der Waals surface area contributed by atoms with Gasteiger partial charge in [0.05, 0.1) is 28.3 Å². The Morgan fingerprint density at radius 2 is 1.75 bits per heavy atom. The fourth-order valence-corrected chi connectivity index (χ4v) is 5.95. The molecule has 7 nitrogen and oxygen atoms in total. The molecule has 0 radical (unpaired) electrons. The van der Waals surface area contributed by atoms with Crippen molar-refractivity contribution in [1.29, 1.82) is 0 Å². The number of rotatable bonds is 3. The van der Waals surface area contributed by atoms with Gasteiger partial charge in [-0.25, -0.2) is 22.4 Å². The molecule has 0 bridgehead atoms. The normalized spacial score (nSPS) is 18.6. The van der Waals surface area contributed by atoms with E-state index < -0.39 is 10.0 Å². The predicted octanol–water partition coefficient (Wildman–Crippen LogP) is 4.21. The minimum Gasteiger partial charge on any atom is -0.298 e. The van der Waals surface area contributed by atoms with E-state index >= 15 is 0 Å². The summed E-state index contributed by atoms with van der Waals surface area (Å²) >= 11 is 0. The molecule has 0 amide bonds. The molecule has 4 aromatic rings. The van der Waals surface area contributed by atoms with Gasteiger partial charge in [0.2, 0.25) is 0 Å². The maximum Gasteiger partial charge on any atom is 0.269 e. The van der Waals surface area contributed by atoms with Gasteiger partial charge in [0, 0.05) is 24.2 Å². The van der Waals surface area contributed by atoms with Crippen LogP contribution in [0.4, 0.5) is 0 Å². The zero-order valence-corrected chi connectivity index (χ0v) is 19.8. The van der Waals surface area contributed by atoms with Crippen LogP contribution < -0.4 is 0 Å². The van der Waals surface area contributed by atoms with Gasteiger partial charge in [0.25, 0.3) is 10.0 Å². The Labute approximate surface area is 188 Å². The molecule has 0 unspecified atom stereocenters. The highest BCUT2D eigenvalue weighted by Crippen LogP contribution is 2.32. The third kappa shape index (κ3) is 3.42. The maximum atomic E-state index is 13.3. The molecule has 1 aromatic carbocycles. The summed E-state index contributed by atoms with van der Waals surface area (Å²) in [4.78, 5) is 12.0. The average molecular weight is 452 g/mol. The van der Waals surface area contributed by atoms with Crippen LogP contribution in [0, 0.1) is 6.92 Å². The number of hydrogen-bond acceptors (Lipinski definition) is 5. The van der Waals surface area contributed by atoms with Crippen molar-refractivity contribution in [3.8, 4) is 0 Å². The third-order valence-corrected chi connectivity index (χ3v) is 8.18. The molecule has 0 aliphatic carbocycles. The SMILES string of the molecule is Cc1ccc(S(=O)(=O)n2ccc3c2ncc2cnc([C@@H]4CCCN(C(C)(C)C)C4)n23)cc1. The molecular formula is C24H29N5O2S. The van der Waals surface area contributed by atoms with Gasteiger partial charge < -0.3 is 0 Å². The summed E-state index contributed by atoms with van der Waals surface area (Å²) in [5.74, 6) is 1.26. The number of hydrogen-bond donors (Lipinski definition) is 0. The number of imidazole rings is 1. The van der Waals surface area contributed by atoms with Crippen LogP contribution in [0.1, 0.15) is 50.9 Å². The van der Waals surface area contributed by atoms with E-state index in [9.17, 15) is 8.42 Å². The molecule has 0 saturated carbocycles. The second kappa shape index (κ2) is 7.42. The van der Waals surface area contributed by atoms with Crippen LogP contribution in [-0.2, 0) is 10.0 Å². The highest BCUT2D eigenvalue weighted by atomic mass is 32.2. The van der Waals surface area contributed by atoms with Crippen LogP contribution in [0.3, 0.4) is 0 Å². The molecule has 168 valence electrons. The van der Waals surface area contributed by atoms with Gasteiger partial charge >= 0.3 is 0 Å². The summed E-state index contributed by atoms with van der Waals surface area (Å²) in [5.41, 5.74) is 3.18. The first-order valence-corrected chi connectivity index (χ1v) is 12.5. The highest BCUT2D eigenvalue weighted by Gasteiger charge is 2.31. The number of fused-ring (bicyclic) bond motifs is 3. The quantitative estimate of drug-likeness (QED) is 0.467. The Morgan fingerprint density at radius 3 is 2.47 bits per heavy atom. The number of aryl methyl sites for hydroxylation is 1. The zero-order chi connectivity index (χ0) is 22.7. The fraction of sp³-hybridized carbons (Fsp3) is 0.417. The van der Waals surface area contributed by atoms with Crippen LogP contribution in [0.5, 0.6) is 0 Å². The summed E-state index contributed by atoms with van der Waals surface area (Å²) in [7, 11) is -3.74. The molecule has 4 heterocycles. The minimum absolute atomic E-state index is 0.105. The topological polar surface area (TPSA) is 72.5 Å². The zero-order valence-electron chi connectivity index (χ0n) is 19.0. The van der Waals surface area contributed by atoms with Gasteiger partial charge in [-0.1, -0.05) is 17.7 Å². The lowest BCUT2D eigenvalue weighted by Gasteiger charge is -2.41. The first kappa shape index (κ1) is 21.2. The summed E-state index contributed by atoms with van der Waals surface area (Å²) in [6.45, 7) is 10.7. The first-order valence-electron chi connectivity index (χ1n) is 11.1. The van der Waals surface area contributed by atoms with Crippen molar-refractivity contribution in [2.24, 2.45) is 0 Å². The smallest absolute Gasteiger partial charge is 0.269 e. The van der Waals surface area contributed by atoms with Crippen LogP contribution in [0.2, 0.25) is 0 Å². The maximum absolute atomic E-state index is 13.3. The number of piperidine rings is 1.